The summed E-state index contributed by atoms with van der Waals surface area (Å²) in [5.41, 5.74) is 2.64. The van der Waals surface area contributed by atoms with E-state index in [1.807, 2.05) is 19.1 Å². The molecule has 0 aromatic carbocycles. The standard InChI is InChI=1S/C14H15BrN4O/c1-2-11-14(20)17-5-6-19(11)12-3-4-16-10-7-9(15)8-18-13(10)12/h3-4,7-8,11H,2,5-6H2,1H3,(H,17,20). The maximum atomic E-state index is 12.0. The minimum atomic E-state index is -0.139. The lowest BCUT2D eigenvalue weighted by molar-refractivity contribution is -0.123. The van der Waals surface area contributed by atoms with E-state index in [-0.39, 0.29) is 11.9 Å². The summed E-state index contributed by atoms with van der Waals surface area (Å²) in [5, 5.41) is 2.92. The Morgan fingerprint density at radius 1 is 1.50 bits per heavy atom. The molecule has 1 aliphatic heterocycles. The number of fused-ring (bicyclic) bond motifs is 1. The van der Waals surface area contributed by atoms with E-state index in [0.717, 1.165) is 34.2 Å². The molecule has 0 spiro atoms. The van der Waals surface area contributed by atoms with Gasteiger partial charge in [-0.25, -0.2) is 0 Å². The molecule has 3 rings (SSSR count). The van der Waals surface area contributed by atoms with Crippen molar-refractivity contribution in [1.82, 2.24) is 15.3 Å². The molecule has 104 valence electrons. The van der Waals surface area contributed by atoms with E-state index in [1.165, 1.54) is 0 Å². The average Bonchev–Trinajstić information content (AvgIpc) is 2.46. The smallest absolute Gasteiger partial charge is 0.242 e. The number of hydrogen-bond donors (Lipinski definition) is 1. The SMILES string of the molecule is CCC1C(=O)NCCN1c1ccnc2cc(Br)cnc12. The number of carbonyl (C=O) groups is 1. The first-order valence-corrected chi connectivity index (χ1v) is 7.44. The van der Waals surface area contributed by atoms with Crippen LogP contribution in [0.5, 0.6) is 0 Å². The highest BCUT2D eigenvalue weighted by atomic mass is 79.9. The van der Waals surface area contributed by atoms with Crippen molar-refractivity contribution < 1.29 is 4.79 Å². The van der Waals surface area contributed by atoms with Crippen molar-refractivity contribution in [2.24, 2.45) is 0 Å². The molecular weight excluding hydrogens is 320 g/mol. The fourth-order valence-corrected chi connectivity index (χ4v) is 2.95. The maximum Gasteiger partial charge on any atom is 0.242 e. The Morgan fingerprint density at radius 3 is 3.15 bits per heavy atom. The van der Waals surface area contributed by atoms with Crippen molar-refractivity contribution in [2.45, 2.75) is 19.4 Å². The fraction of sp³-hybridized carbons (Fsp3) is 0.357. The molecule has 1 amide bonds. The van der Waals surface area contributed by atoms with Crippen LogP contribution >= 0.6 is 15.9 Å². The molecule has 20 heavy (non-hydrogen) atoms. The number of pyridine rings is 2. The second-order valence-electron chi connectivity index (χ2n) is 4.76. The highest BCUT2D eigenvalue weighted by Gasteiger charge is 2.29. The predicted octanol–water partition coefficient (Wildman–Crippen LogP) is 2.11. The molecule has 5 nitrogen and oxygen atoms in total. The van der Waals surface area contributed by atoms with Crippen LogP contribution in [0.1, 0.15) is 13.3 Å². The Bertz CT molecular complexity index is 661. The summed E-state index contributed by atoms with van der Waals surface area (Å²) in [4.78, 5) is 22.9. The molecule has 0 aliphatic carbocycles. The second-order valence-corrected chi connectivity index (χ2v) is 5.68. The molecule has 3 heterocycles. The van der Waals surface area contributed by atoms with Gasteiger partial charge in [0.05, 0.1) is 11.2 Å². The van der Waals surface area contributed by atoms with E-state index in [9.17, 15) is 4.79 Å². The van der Waals surface area contributed by atoms with Crippen LogP contribution in [0, 0.1) is 0 Å². The first-order chi connectivity index (χ1) is 9.70. The first kappa shape index (κ1) is 13.3. The summed E-state index contributed by atoms with van der Waals surface area (Å²) in [6, 6.07) is 3.74. The molecule has 2 aromatic rings. The van der Waals surface area contributed by atoms with Gasteiger partial charge in [-0.1, -0.05) is 6.92 Å². The van der Waals surface area contributed by atoms with Gasteiger partial charge in [-0.05, 0) is 34.5 Å². The Kier molecular flexibility index (Phi) is 3.56. The summed E-state index contributed by atoms with van der Waals surface area (Å²) in [5.74, 6) is 0.0841. The van der Waals surface area contributed by atoms with Gasteiger partial charge in [-0.3, -0.25) is 14.8 Å². The van der Waals surface area contributed by atoms with E-state index in [4.69, 9.17) is 0 Å². The number of nitrogens with zero attached hydrogens (tertiary/aromatic N) is 3. The van der Waals surface area contributed by atoms with Crippen LogP contribution in [-0.4, -0.2) is 35.0 Å². The third-order valence-electron chi connectivity index (χ3n) is 3.55. The Balaban J connectivity index is 2.11. The van der Waals surface area contributed by atoms with Crippen LogP contribution < -0.4 is 10.2 Å². The van der Waals surface area contributed by atoms with Gasteiger partial charge in [0, 0.05) is 30.0 Å². The normalized spacial score (nSPS) is 19.2. The van der Waals surface area contributed by atoms with E-state index in [1.54, 1.807) is 12.4 Å². The Labute approximate surface area is 125 Å². The number of amides is 1. The summed E-state index contributed by atoms with van der Waals surface area (Å²) in [6.45, 7) is 3.48. The lowest BCUT2D eigenvalue weighted by atomic mass is 10.1. The quantitative estimate of drug-likeness (QED) is 0.913. The van der Waals surface area contributed by atoms with Crippen molar-refractivity contribution >= 4 is 38.6 Å². The van der Waals surface area contributed by atoms with Gasteiger partial charge in [0.1, 0.15) is 11.6 Å². The largest absolute Gasteiger partial charge is 0.356 e. The molecule has 1 fully saturated rings. The van der Waals surface area contributed by atoms with Gasteiger partial charge in [0.15, 0.2) is 0 Å². The van der Waals surface area contributed by atoms with Crippen LogP contribution in [-0.2, 0) is 4.79 Å². The van der Waals surface area contributed by atoms with Crippen LogP contribution in [0.15, 0.2) is 29.0 Å². The van der Waals surface area contributed by atoms with E-state index < -0.39 is 0 Å². The molecule has 1 unspecified atom stereocenters. The topological polar surface area (TPSA) is 58.1 Å². The molecule has 1 atom stereocenters. The Hall–Kier alpha value is -1.69. The summed E-state index contributed by atoms with van der Waals surface area (Å²) >= 11 is 3.41. The number of anilines is 1. The molecule has 6 heteroatoms. The molecule has 0 saturated carbocycles. The number of hydrogen-bond acceptors (Lipinski definition) is 4. The molecular formula is C14H15BrN4O. The van der Waals surface area contributed by atoms with Crippen molar-refractivity contribution in [3.8, 4) is 0 Å². The minimum absolute atomic E-state index is 0.0841. The highest BCUT2D eigenvalue weighted by Crippen LogP contribution is 2.28. The van der Waals surface area contributed by atoms with E-state index >= 15 is 0 Å². The third-order valence-corrected chi connectivity index (χ3v) is 3.98. The second kappa shape index (κ2) is 5.36. The zero-order chi connectivity index (χ0) is 14.1. The van der Waals surface area contributed by atoms with Gasteiger partial charge in [-0.15, -0.1) is 0 Å². The fourth-order valence-electron chi connectivity index (χ4n) is 2.63. The van der Waals surface area contributed by atoms with E-state index in [0.29, 0.717) is 6.54 Å². The molecule has 2 aromatic heterocycles. The van der Waals surface area contributed by atoms with Gasteiger partial charge in [-0.2, -0.15) is 0 Å². The molecule has 1 N–H and O–H groups in total. The molecule has 1 aliphatic rings. The van der Waals surface area contributed by atoms with Crippen molar-refractivity contribution in [2.75, 3.05) is 18.0 Å². The number of carbonyl (C=O) groups excluding carboxylic acids is 1. The number of aromatic nitrogens is 2. The Morgan fingerprint density at radius 2 is 2.35 bits per heavy atom. The number of piperazine rings is 1. The number of halogens is 1. The minimum Gasteiger partial charge on any atom is -0.356 e. The zero-order valence-corrected chi connectivity index (χ0v) is 12.7. The lowest BCUT2D eigenvalue weighted by Gasteiger charge is -2.36. The van der Waals surface area contributed by atoms with Crippen LogP contribution in [0.25, 0.3) is 11.0 Å². The molecule has 1 saturated heterocycles. The third kappa shape index (κ3) is 2.24. The van der Waals surface area contributed by atoms with Crippen LogP contribution in [0.4, 0.5) is 5.69 Å². The monoisotopic (exact) mass is 334 g/mol. The predicted molar refractivity (Wildman–Crippen MR) is 81.7 cm³/mol. The van der Waals surface area contributed by atoms with Gasteiger partial charge < -0.3 is 10.2 Å². The van der Waals surface area contributed by atoms with Gasteiger partial charge in [0.25, 0.3) is 0 Å². The average molecular weight is 335 g/mol. The van der Waals surface area contributed by atoms with Crippen LogP contribution in [0.3, 0.4) is 0 Å². The van der Waals surface area contributed by atoms with Crippen LogP contribution in [0.2, 0.25) is 0 Å². The summed E-state index contributed by atoms with van der Waals surface area (Å²) in [6.07, 6.45) is 4.30. The number of rotatable bonds is 2. The summed E-state index contributed by atoms with van der Waals surface area (Å²) < 4.78 is 0.901. The van der Waals surface area contributed by atoms with E-state index in [2.05, 4.69) is 36.1 Å². The zero-order valence-electron chi connectivity index (χ0n) is 11.1. The maximum absolute atomic E-state index is 12.0. The lowest BCUT2D eigenvalue weighted by Crippen LogP contribution is -2.55. The molecule has 0 radical (unpaired) electrons. The van der Waals surface area contributed by atoms with Gasteiger partial charge >= 0.3 is 0 Å². The number of nitrogens with one attached hydrogen (secondary N) is 1. The summed E-state index contributed by atoms with van der Waals surface area (Å²) in [7, 11) is 0. The molecule has 0 bridgehead atoms. The van der Waals surface area contributed by atoms with Crippen molar-refractivity contribution in [3.05, 3.63) is 29.0 Å². The van der Waals surface area contributed by atoms with Crippen molar-refractivity contribution in [1.29, 1.82) is 0 Å². The van der Waals surface area contributed by atoms with Gasteiger partial charge in [0.2, 0.25) is 5.91 Å². The highest BCUT2D eigenvalue weighted by molar-refractivity contribution is 9.10. The first-order valence-electron chi connectivity index (χ1n) is 6.65. The van der Waals surface area contributed by atoms with Crippen molar-refractivity contribution in [3.63, 3.8) is 0 Å².